The molecule has 5 nitrogen and oxygen atoms in total. The molecule has 1 aromatic rings. The van der Waals surface area contributed by atoms with E-state index in [1.165, 1.54) is 16.6 Å². The van der Waals surface area contributed by atoms with Crippen LogP contribution in [-0.4, -0.2) is 35.9 Å². The molecule has 0 aliphatic heterocycles. The zero-order valence-corrected chi connectivity index (χ0v) is 12.7. The van der Waals surface area contributed by atoms with Crippen LogP contribution < -0.4 is 0 Å². The largest absolute Gasteiger partial charge is 0.392 e. The molecule has 0 amide bonds. The van der Waals surface area contributed by atoms with Crippen LogP contribution in [0.4, 0.5) is 0 Å². The molecule has 0 fully saturated rings. The van der Waals surface area contributed by atoms with Gasteiger partial charge >= 0.3 is 0 Å². The smallest absolute Gasteiger partial charge is 0.260 e. The second-order valence-electron chi connectivity index (χ2n) is 5.16. The average molecular weight is 286 g/mol. The highest BCUT2D eigenvalue weighted by Crippen LogP contribution is 2.18. The van der Waals surface area contributed by atoms with Gasteiger partial charge in [0.2, 0.25) is 0 Å². The van der Waals surface area contributed by atoms with Crippen LogP contribution in [0.25, 0.3) is 0 Å². The molecule has 1 rings (SSSR count). The van der Waals surface area contributed by atoms with Crippen LogP contribution in [0.5, 0.6) is 0 Å². The predicted octanol–water partition coefficient (Wildman–Crippen LogP) is 1.63. The van der Waals surface area contributed by atoms with Crippen LogP contribution >= 0.6 is 0 Å². The van der Waals surface area contributed by atoms with Crippen molar-refractivity contribution in [2.75, 3.05) is 7.05 Å². The maximum Gasteiger partial charge on any atom is 0.260 e. The van der Waals surface area contributed by atoms with Gasteiger partial charge in [-0.2, -0.15) is 4.31 Å². The maximum absolute atomic E-state index is 12.4. The van der Waals surface area contributed by atoms with Crippen molar-refractivity contribution in [1.82, 2.24) is 9.29 Å². The monoisotopic (exact) mass is 286 g/mol. The van der Waals surface area contributed by atoms with E-state index in [-0.39, 0.29) is 17.7 Å². The molecule has 0 aromatic carbocycles. The highest BCUT2D eigenvalue weighted by atomic mass is 32.2. The van der Waals surface area contributed by atoms with Crippen LogP contribution in [0.1, 0.15) is 32.8 Å². The van der Waals surface area contributed by atoms with Gasteiger partial charge in [-0.15, -0.1) is 0 Å². The first-order valence-electron chi connectivity index (χ1n) is 6.32. The molecular formula is C13H22N2O3S. The van der Waals surface area contributed by atoms with Crippen LogP contribution in [0.2, 0.25) is 0 Å². The molecule has 108 valence electrons. The Morgan fingerprint density at radius 3 is 2.37 bits per heavy atom. The molecule has 0 bridgehead atoms. The van der Waals surface area contributed by atoms with E-state index in [2.05, 4.69) is 18.8 Å². The minimum absolute atomic E-state index is 0.0165. The summed E-state index contributed by atoms with van der Waals surface area (Å²) < 4.78 is 26.1. The summed E-state index contributed by atoms with van der Waals surface area (Å²) in [4.78, 5) is 3.91. The number of hydrogen-bond acceptors (Lipinski definition) is 4. The molecule has 0 spiro atoms. The fraction of sp³-hybridized carbons (Fsp3) is 0.615. The van der Waals surface area contributed by atoms with E-state index < -0.39 is 10.0 Å². The Balaban J connectivity index is 2.95. The highest BCUT2D eigenvalue weighted by Gasteiger charge is 2.26. The Morgan fingerprint density at radius 1 is 1.32 bits per heavy atom. The zero-order chi connectivity index (χ0) is 14.6. The van der Waals surface area contributed by atoms with Gasteiger partial charge in [0.25, 0.3) is 10.0 Å². The van der Waals surface area contributed by atoms with Crippen molar-refractivity contribution in [2.45, 2.75) is 44.9 Å². The van der Waals surface area contributed by atoms with Crippen molar-refractivity contribution in [1.29, 1.82) is 0 Å². The first kappa shape index (κ1) is 16.1. The van der Waals surface area contributed by atoms with E-state index in [0.717, 1.165) is 6.42 Å². The Bertz CT molecular complexity index is 497. The molecule has 1 atom stereocenters. The summed E-state index contributed by atoms with van der Waals surface area (Å²) in [7, 11) is -1.99. The molecule has 0 aliphatic rings. The van der Waals surface area contributed by atoms with Crippen molar-refractivity contribution < 1.29 is 13.5 Å². The lowest BCUT2D eigenvalue weighted by Gasteiger charge is -2.25. The second kappa shape index (κ2) is 6.45. The van der Waals surface area contributed by atoms with Crippen molar-refractivity contribution >= 4 is 10.0 Å². The number of aliphatic hydroxyl groups excluding tert-OH is 1. The van der Waals surface area contributed by atoms with Crippen LogP contribution in [-0.2, 0) is 16.6 Å². The van der Waals surface area contributed by atoms with Gasteiger partial charge in [0.05, 0.1) is 6.61 Å². The highest BCUT2D eigenvalue weighted by molar-refractivity contribution is 7.89. The quantitative estimate of drug-likeness (QED) is 0.863. The van der Waals surface area contributed by atoms with E-state index in [0.29, 0.717) is 11.5 Å². The first-order chi connectivity index (χ1) is 8.78. The Labute approximate surface area is 115 Å². The van der Waals surface area contributed by atoms with E-state index in [1.807, 2.05) is 6.92 Å². The lowest BCUT2D eigenvalue weighted by Crippen LogP contribution is -2.36. The van der Waals surface area contributed by atoms with E-state index in [4.69, 9.17) is 5.11 Å². The number of pyridine rings is 1. The summed E-state index contributed by atoms with van der Waals surface area (Å²) in [6.07, 6.45) is 2.18. The van der Waals surface area contributed by atoms with Crippen LogP contribution in [0, 0.1) is 5.92 Å². The molecule has 1 unspecified atom stereocenters. The fourth-order valence-corrected chi connectivity index (χ4v) is 3.15. The van der Waals surface area contributed by atoms with Gasteiger partial charge in [-0.1, -0.05) is 19.9 Å². The summed E-state index contributed by atoms with van der Waals surface area (Å²) in [6, 6.07) is 2.92. The molecule has 1 aromatic heterocycles. The summed E-state index contributed by atoms with van der Waals surface area (Å²) in [6.45, 7) is 5.86. The normalized spacial score (nSPS) is 14.1. The topological polar surface area (TPSA) is 70.5 Å². The third-order valence-electron chi connectivity index (χ3n) is 3.06. The van der Waals surface area contributed by atoms with Crippen molar-refractivity contribution in [3.8, 4) is 0 Å². The number of sulfonamides is 1. The molecular weight excluding hydrogens is 264 g/mol. The molecule has 0 aliphatic carbocycles. The van der Waals surface area contributed by atoms with Gasteiger partial charge in [0.15, 0.2) is 5.03 Å². The molecule has 19 heavy (non-hydrogen) atoms. The summed E-state index contributed by atoms with van der Waals surface area (Å²) in [5, 5.41) is 8.94. The van der Waals surface area contributed by atoms with Gasteiger partial charge in [-0.3, -0.25) is 0 Å². The fourth-order valence-electron chi connectivity index (χ4n) is 1.87. The van der Waals surface area contributed by atoms with Gasteiger partial charge in [0, 0.05) is 19.3 Å². The Morgan fingerprint density at radius 2 is 1.95 bits per heavy atom. The third kappa shape index (κ3) is 3.99. The van der Waals surface area contributed by atoms with Gasteiger partial charge < -0.3 is 5.11 Å². The molecule has 0 radical (unpaired) electrons. The van der Waals surface area contributed by atoms with Crippen LogP contribution in [0.15, 0.2) is 23.4 Å². The van der Waals surface area contributed by atoms with Crippen molar-refractivity contribution in [3.63, 3.8) is 0 Å². The van der Waals surface area contributed by atoms with Gasteiger partial charge in [-0.05, 0) is 30.9 Å². The number of aromatic nitrogens is 1. The van der Waals surface area contributed by atoms with Gasteiger partial charge in [-0.25, -0.2) is 13.4 Å². The zero-order valence-electron chi connectivity index (χ0n) is 11.9. The molecule has 0 saturated carbocycles. The SMILES string of the molecule is CC(C)CC(C)N(C)S(=O)(=O)c1ccc(CO)cn1. The van der Waals surface area contributed by atoms with E-state index in [1.54, 1.807) is 13.1 Å². The minimum Gasteiger partial charge on any atom is -0.392 e. The lowest BCUT2D eigenvalue weighted by molar-refractivity contribution is 0.281. The molecule has 0 saturated heterocycles. The van der Waals surface area contributed by atoms with Gasteiger partial charge in [0.1, 0.15) is 0 Å². The Kier molecular flexibility index (Phi) is 5.46. The van der Waals surface area contributed by atoms with Crippen molar-refractivity contribution in [2.24, 2.45) is 5.92 Å². The summed E-state index contributed by atoms with van der Waals surface area (Å²) in [5.41, 5.74) is 0.594. The minimum atomic E-state index is -3.57. The van der Waals surface area contributed by atoms with Crippen molar-refractivity contribution in [3.05, 3.63) is 23.9 Å². The molecule has 6 heteroatoms. The third-order valence-corrected chi connectivity index (χ3v) is 4.95. The average Bonchev–Trinajstić information content (AvgIpc) is 2.37. The number of aliphatic hydroxyl groups is 1. The number of hydrogen-bond donors (Lipinski definition) is 1. The predicted molar refractivity (Wildman–Crippen MR) is 74.0 cm³/mol. The molecule has 1 N–H and O–H groups in total. The number of rotatable bonds is 6. The standard InChI is InChI=1S/C13H22N2O3S/c1-10(2)7-11(3)15(4)19(17,18)13-6-5-12(9-16)8-14-13/h5-6,8,10-11,16H,7,9H2,1-4H3. The van der Waals surface area contributed by atoms with Crippen LogP contribution in [0.3, 0.4) is 0 Å². The first-order valence-corrected chi connectivity index (χ1v) is 7.77. The maximum atomic E-state index is 12.4. The van der Waals surface area contributed by atoms with E-state index >= 15 is 0 Å². The Hall–Kier alpha value is -0.980. The summed E-state index contributed by atoms with van der Waals surface area (Å²) >= 11 is 0. The lowest BCUT2D eigenvalue weighted by atomic mass is 10.1. The second-order valence-corrected chi connectivity index (χ2v) is 7.11. The van der Waals surface area contributed by atoms with E-state index in [9.17, 15) is 8.42 Å². The molecule has 1 heterocycles. The summed E-state index contributed by atoms with van der Waals surface area (Å²) in [5.74, 6) is 0.428. The number of nitrogens with zero attached hydrogens (tertiary/aromatic N) is 2.